The summed E-state index contributed by atoms with van der Waals surface area (Å²) >= 11 is 0. The van der Waals surface area contributed by atoms with E-state index in [0.29, 0.717) is 11.6 Å². The quantitative estimate of drug-likeness (QED) is 0.941. The van der Waals surface area contributed by atoms with Gasteiger partial charge in [-0.3, -0.25) is 4.90 Å². The number of carboxylic acid groups (broad SMARTS) is 1. The van der Waals surface area contributed by atoms with Crippen molar-refractivity contribution in [2.24, 2.45) is 0 Å². The fourth-order valence-corrected chi connectivity index (χ4v) is 3.12. The van der Waals surface area contributed by atoms with Crippen LogP contribution in [0, 0.1) is 0 Å². The molecule has 0 aromatic heterocycles. The van der Waals surface area contributed by atoms with Gasteiger partial charge in [0.25, 0.3) is 0 Å². The van der Waals surface area contributed by atoms with Gasteiger partial charge in [-0.05, 0) is 36.8 Å². The van der Waals surface area contributed by atoms with Crippen molar-refractivity contribution >= 4 is 11.7 Å². The number of nitrogens with zero attached hydrogens (tertiary/aromatic N) is 2. The minimum Gasteiger partial charge on any atom is -0.478 e. The van der Waals surface area contributed by atoms with E-state index in [1.807, 2.05) is 12.1 Å². The topological polar surface area (TPSA) is 43.8 Å². The maximum Gasteiger partial charge on any atom is 0.335 e. The van der Waals surface area contributed by atoms with Crippen LogP contribution in [0.5, 0.6) is 0 Å². The third-order valence-corrected chi connectivity index (χ3v) is 4.62. The van der Waals surface area contributed by atoms with E-state index >= 15 is 0 Å². The van der Waals surface area contributed by atoms with Gasteiger partial charge in [0, 0.05) is 37.9 Å². The molecule has 1 atom stereocenters. The highest BCUT2D eigenvalue weighted by molar-refractivity contribution is 5.88. The van der Waals surface area contributed by atoms with Crippen LogP contribution in [0.15, 0.2) is 54.6 Å². The largest absolute Gasteiger partial charge is 0.478 e. The number of carboxylic acids is 1. The van der Waals surface area contributed by atoms with Gasteiger partial charge in [0.15, 0.2) is 0 Å². The van der Waals surface area contributed by atoms with Crippen molar-refractivity contribution in [1.29, 1.82) is 0 Å². The van der Waals surface area contributed by atoms with Crippen molar-refractivity contribution in [2.45, 2.75) is 13.0 Å². The molecule has 0 saturated carbocycles. The number of rotatable bonds is 4. The molecular weight excluding hydrogens is 288 g/mol. The Kier molecular flexibility index (Phi) is 4.63. The van der Waals surface area contributed by atoms with Gasteiger partial charge in [0.2, 0.25) is 0 Å². The highest BCUT2D eigenvalue weighted by Gasteiger charge is 2.22. The average molecular weight is 310 g/mol. The molecule has 0 amide bonds. The lowest BCUT2D eigenvalue weighted by molar-refractivity contribution is 0.0697. The van der Waals surface area contributed by atoms with Gasteiger partial charge in [0.1, 0.15) is 0 Å². The molecule has 3 rings (SSSR count). The lowest BCUT2D eigenvalue weighted by Crippen LogP contribution is -2.47. The Labute approximate surface area is 137 Å². The number of hydrogen-bond acceptors (Lipinski definition) is 3. The van der Waals surface area contributed by atoms with E-state index in [1.165, 1.54) is 5.56 Å². The molecule has 2 aromatic rings. The smallest absolute Gasteiger partial charge is 0.335 e. The second kappa shape index (κ2) is 6.84. The lowest BCUT2D eigenvalue weighted by Gasteiger charge is -2.39. The Balaban J connectivity index is 1.61. The van der Waals surface area contributed by atoms with Gasteiger partial charge in [0.05, 0.1) is 5.56 Å². The molecule has 1 saturated heterocycles. The SMILES string of the molecule is CC(c1ccccc1)N1CCN(c2ccc(C(=O)O)cc2)CC1. The Morgan fingerprint density at radius 2 is 1.57 bits per heavy atom. The molecule has 0 aliphatic carbocycles. The van der Waals surface area contributed by atoms with Crippen molar-refractivity contribution < 1.29 is 9.90 Å². The van der Waals surface area contributed by atoms with Crippen LogP contribution in [0.3, 0.4) is 0 Å². The molecule has 1 N–H and O–H groups in total. The van der Waals surface area contributed by atoms with Gasteiger partial charge in [-0.1, -0.05) is 30.3 Å². The summed E-state index contributed by atoms with van der Waals surface area (Å²) in [6, 6.07) is 18.2. The summed E-state index contributed by atoms with van der Waals surface area (Å²) < 4.78 is 0. The Bertz CT molecular complexity index is 647. The standard InChI is InChI=1S/C19H22N2O2/c1-15(16-5-3-2-4-6-16)20-11-13-21(14-12-20)18-9-7-17(8-10-18)19(22)23/h2-10,15H,11-14H2,1H3,(H,22,23). The van der Waals surface area contributed by atoms with Crippen LogP contribution in [0.2, 0.25) is 0 Å². The van der Waals surface area contributed by atoms with Crippen molar-refractivity contribution in [3.05, 3.63) is 65.7 Å². The number of carbonyl (C=O) groups is 1. The Morgan fingerprint density at radius 3 is 2.13 bits per heavy atom. The molecule has 4 nitrogen and oxygen atoms in total. The number of piperazine rings is 1. The second-order valence-electron chi connectivity index (χ2n) is 5.96. The van der Waals surface area contributed by atoms with Crippen LogP contribution in [-0.4, -0.2) is 42.2 Å². The highest BCUT2D eigenvalue weighted by Crippen LogP contribution is 2.23. The van der Waals surface area contributed by atoms with Gasteiger partial charge >= 0.3 is 5.97 Å². The lowest BCUT2D eigenvalue weighted by atomic mass is 10.1. The predicted molar refractivity (Wildman–Crippen MR) is 92.0 cm³/mol. The van der Waals surface area contributed by atoms with E-state index < -0.39 is 5.97 Å². The number of aromatic carboxylic acids is 1. The zero-order valence-corrected chi connectivity index (χ0v) is 13.4. The molecule has 23 heavy (non-hydrogen) atoms. The molecule has 1 unspecified atom stereocenters. The molecule has 2 aromatic carbocycles. The second-order valence-corrected chi connectivity index (χ2v) is 5.96. The summed E-state index contributed by atoms with van der Waals surface area (Å²) in [6.07, 6.45) is 0. The molecule has 1 aliphatic heterocycles. The summed E-state index contributed by atoms with van der Waals surface area (Å²) in [7, 11) is 0. The van der Waals surface area contributed by atoms with Crippen molar-refractivity contribution in [1.82, 2.24) is 4.90 Å². The van der Waals surface area contributed by atoms with Gasteiger partial charge in [-0.25, -0.2) is 4.79 Å². The minimum atomic E-state index is -0.877. The summed E-state index contributed by atoms with van der Waals surface area (Å²) in [4.78, 5) is 15.7. The summed E-state index contributed by atoms with van der Waals surface area (Å²) in [6.45, 7) is 6.20. The van der Waals surface area contributed by atoms with E-state index in [2.05, 4.69) is 47.1 Å². The third kappa shape index (κ3) is 3.54. The summed E-state index contributed by atoms with van der Waals surface area (Å²) in [5.74, 6) is -0.877. The fourth-order valence-electron chi connectivity index (χ4n) is 3.12. The first-order valence-electron chi connectivity index (χ1n) is 8.02. The first-order chi connectivity index (χ1) is 11.1. The van der Waals surface area contributed by atoms with E-state index in [-0.39, 0.29) is 0 Å². The van der Waals surface area contributed by atoms with Crippen molar-refractivity contribution in [3.8, 4) is 0 Å². The zero-order chi connectivity index (χ0) is 16.2. The first kappa shape index (κ1) is 15.6. The Morgan fingerprint density at radius 1 is 0.957 bits per heavy atom. The van der Waals surface area contributed by atoms with E-state index in [4.69, 9.17) is 5.11 Å². The molecule has 1 aliphatic rings. The first-order valence-corrected chi connectivity index (χ1v) is 8.02. The fraction of sp³-hybridized carbons (Fsp3) is 0.316. The molecular formula is C19H22N2O2. The summed E-state index contributed by atoms with van der Waals surface area (Å²) in [5.41, 5.74) is 2.79. The van der Waals surface area contributed by atoms with Crippen LogP contribution in [-0.2, 0) is 0 Å². The van der Waals surface area contributed by atoms with Crippen molar-refractivity contribution in [2.75, 3.05) is 31.1 Å². The van der Waals surface area contributed by atoms with Gasteiger partial charge < -0.3 is 10.0 Å². The molecule has 0 radical (unpaired) electrons. The maximum absolute atomic E-state index is 10.9. The molecule has 0 spiro atoms. The molecule has 1 heterocycles. The zero-order valence-electron chi connectivity index (χ0n) is 13.4. The molecule has 0 bridgehead atoms. The van der Waals surface area contributed by atoms with Crippen LogP contribution in [0.1, 0.15) is 28.9 Å². The normalized spacial score (nSPS) is 17.0. The summed E-state index contributed by atoms with van der Waals surface area (Å²) in [5, 5.41) is 8.97. The number of anilines is 1. The van der Waals surface area contributed by atoms with Crippen molar-refractivity contribution in [3.63, 3.8) is 0 Å². The van der Waals surface area contributed by atoms with Gasteiger partial charge in [-0.2, -0.15) is 0 Å². The Hall–Kier alpha value is -2.33. The predicted octanol–water partition coefficient (Wildman–Crippen LogP) is 3.27. The van der Waals surface area contributed by atoms with Crippen LogP contribution in [0.4, 0.5) is 5.69 Å². The van der Waals surface area contributed by atoms with Crippen LogP contribution >= 0.6 is 0 Å². The third-order valence-electron chi connectivity index (χ3n) is 4.62. The molecule has 1 fully saturated rings. The maximum atomic E-state index is 10.9. The van der Waals surface area contributed by atoms with Crippen LogP contribution < -0.4 is 4.90 Å². The molecule has 120 valence electrons. The monoisotopic (exact) mass is 310 g/mol. The highest BCUT2D eigenvalue weighted by atomic mass is 16.4. The number of benzene rings is 2. The van der Waals surface area contributed by atoms with E-state index in [1.54, 1.807) is 12.1 Å². The average Bonchev–Trinajstić information content (AvgIpc) is 2.62. The number of hydrogen-bond donors (Lipinski definition) is 1. The van der Waals surface area contributed by atoms with Crippen LogP contribution in [0.25, 0.3) is 0 Å². The van der Waals surface area contributed by atoms with Gasteiger partial charge in [-0.15, -0.1) is 0 Å². The van der Waals surface area contributed by atoms with E-state index in [9.17, 15) is 4.79 Å². The van der Waals surface area contributed by atoms with E-state index in [0.717, 1.165) is 31.9 Å². The molecule has 4 heteroatoms. The minimum absolute atomic E-state index is 0.338.